The number of hydrogen-bond acceptors (Lipinski definition) is 14. The van der Waals surface area contributed by atoms with Crippen molar-refractivity contribution in [2.24, 2.45) is 0 Å². The van der Waals surface area contributed by atoms with Gasteiger partial charge in [0.2, 0.25) is 0 Å². The van der Waals surface area contributed by atoms with E-state index in [1.165, 1.54) is 32.4 Å². The van der Waals surface area contributed by atoms with Crippen molar-refractivity contribution >= 4 is 51.8 Å². The van der Waals surface area contributed by atoms with Crippen molar-refractivity contribution in [3.63, 3.8) is 0 Å². The number of esters is 5. The molecule has 0 radical (unpaired) electrons. The van der Waals surface area contributed by atoms with Gasteiger partial charge < -0.3 is 42.4 Å². The van der Waals surface area contributed by atoms with Gasteiger partial charge in [-0.3, -0.25) is 24.0 Å². The molecule has 14 nitrogen and oxygen atoms in total. The molecular weight excluding hydrogens is 801 g/mol. The van der Waals surface area contributed by atoms with Gasteiger partial charge in [-0.1, -0.05) is 32.1 Å². The van der Waals surface area contributed by atoms with Crippen LogP contribution in [0.15, 0.2) is 95.2 Å². The lowest BCUT2D eigenvalue weighted by atomic mass is 10.1. The van der Waals surface area contributed by atoms with E-state index < -0.39 is 11.9 Å². The second-order valence-electron chi connectivity index (χ2n) is 13.1. The normalized spacial score (nSPS) is 10.6. The SMILES string of the molecule is C=CCC.C=CCC.CCOC(=O)Cc1cc(O)c2occc2c1.CCOC(=O)Cc1cc(OC(C)=O)c2occc2c1.CCOC(=O)Cc1cc2c(c(OC(C)=O)c1)OCC2. The number of furan rings is 2. The number of carbonyl (C=O) groups is 5. The highest BCUT2D eigenvalue weighted by Gasteiger charge is 2.21. The zero-order valence-electron chi connectivity index (χ0n) is 36.7. The Balaban J connectivity index is 0.000000295. The van der Waals surface area contributed by atoms with Crippen LogP contribution >= 0.6 is 0 Å². The van der Waals surface area contributed by atoms with Crippen molar-refractivity contribution in [2.45, 2.75) is 87.0 Å². The Morgan fingerprint density at radius 3 is 1.52 bits per heavy atom. The van der Waals surface area contributed by atoms with Crippen LogP contribution in [0.3, 0.4) is 0 Å². The number of ether oxygens (including phenoxy) is 6. The first-order valence-corrected chi connectivity index (χ1v) is 20.3. The summed E-state index contributed by atoms with van der Waals surface area (Å²) in [7, 11) is 0. The van der Waals surface area contributed by atoms with Crippen molar-refractivity contribution < 1.29 is 66.3 Å². The summed E-state index contributed by atoms with van der Waals surface area (Å²) in [5.74, 6) is -0.434. The summed E-state index contributed by atoms with van der Waals surface area (Å²) in [6.07, 6.45) is 10.1. The van der Waals surface area contributed by atoms with Crippen LogP contribution in [-0.4, -0.2) is 61.4 Å². The van der Waals surface area contributed by atoms with E-state index in [4.69, 9.17) is 37.3 Å². The second kappa shape index (κ2) is 27.8. The summed E-state index contributed by atoms with van der Waals surface area (Å²) in [5.41, 5.74) is 4.07. The Hall–Kier alpha value is -6.83. The second-order valence-corrected chi connectivity index (χ2v) is 13.1. The molecule has 1 aliphatic heterocycles. The fourth-order valence-electron chi connectivity index (χ4n) is 5.47. The Bertz CT molecular complexity index is 2230. The molecule has 0 spiro atoms. The number of phenolic OH excluding ortho intramolecular Hbond substituents is 1. The van der Waals surface area contributed by atoms with Gasteiger partial charge in [0.1, 0.15) is 0 Å². The Kier molecular flexibility index (Phi) is 23.0. The summed E-state index contributed by atoms with van der Waals surface area (Å²) in [4.78, 5) is 56.4. The van der Waals surface area contributed by atoms with E-state index in [1.807, 2.05) is 24.3 Å². The van der Waals surface area contributed by atoms with E-state index in [1.54, 1.807) is 51.1 Å². The van der Waals surface area contributed by atoms with E-state index in [0.717, 1.165) is 41.2 Å². The van der Waals surface area contributed by atoms with Gasteiger partial charge in [-0.2, -0.15) is 0 Å². The molecule has 3 heterocycles. The molecule has 2 aromatic heterocycles. The zero-order valence-corrected chi connectivity index (χ0v) is 36.7. The van der Waals surface area contributed by atoms with Gasteiger partial charge in [-0.05, 0) is 92.8 Å². The van der Waals surface area contributed by atoms with Crippen molar-refractivity contribution in [3.05, 3.63) is 109 Å². The van der Waals surface area contributed by atoms with Crippen LogP contribution < -0.4 is 14.2 Å². The maximum atomic E-state index is 11.5. The number of rotatable bonds is 13. The summed E-state index contributed by atoms with van der Waals surface area (Å²) in [6, 6.07) is 13.8. The Morgan fingerprint density at radius 2 is 1.05 bits per heavy atom. The van der Waals surface area contributed by atoms with Gasteiger partial charge >= 0.3 is 29.8 Å². The monoisotopic (exact) mass is 858 g/mol. The van der Waals surface area contributed by atoms with Crippen LogP contribution in [0.2, 0.25) is 0 Å². The zero-order chi connectivity index (χ0) is 46.0. The molecule has 0 unspecified atom stereocenters. The standard InChI is InChI=1S/C14H16O5.C14H14O5.C12H12O4.2C4H8/c2*1-3-17-13(16)8-10-6-11-4-5-18-14(11)12(7-10)19-9(2)15;1-2-15-11(14)7-8-5-9-3-4-16-12(9)10(13)6-8;2*1-3-4-2/h6-7H,3-5,8H2,1-2H3;4-7H,3,8H2,1-2H3;3-6,13H,2,7H2,1H3;2*3H,1,4H2,2H3. The smallest absolute Gasteiger partial charge is 0.310 e. The number of hydrogen-bond donors (Lipinski definition) is 1. The molecule has 14 heteroatoms. The van der Waals surface area contributed by atoms with Gasteiger partial charge in [0.15, 0.2) is 34.2 Å². The maximum Gasteiger partial charge on any atom is 0.310 e. The van der Waals surface area contributed by atoms with Crippen LogP contribution in [0, 0.1) is 0 Å². The lowest BCUT2D eigenvalue weighted by Gasteiger charge is -2.10. The number of carbonyl (C=O) groups excluding carboxylic acids is 5. The van der Waals surface area contributed by atoms with Crippen LogP contribution in [-0.2, 0) is 63.9 Å². The van der Waals surface area contributed by atoms with Gasteiger partial charge in [0, 0.05) is 36.6 Å². The van der Waals surface area contributed by atoms with Gasteiger partial charge in [-0.25, -0.2) is 0 Å². The fraction of sp³-hybridized carbons (Fsp3) is 0.354. The van der Waals surface area contributed by atoms with Crippen molar-refractivity contribution in [2.75, 3.05) is 26.4 Å². The molecule has 5 aromatic rings. The number of fused-ring (bicyclic) bond motifs is 3. The predicted octanol–water partition coefficient (Wildman–Crippen LogP) is 9.52. The van der Waals surface area contributed by atoms with E-state index in [-0.39, 0.29) is 42.9 Å². The molecular formula is C48H58O14. The minimum Gasteiger partial charge on any atom is -0.504 e. The Morgan fingerprint density at radius 1 is 0.629 bits per heavy atom. The molecule has 6 rings (SSSR count). The molecule has 0 aliphatic carbocycles. The molecule has 0 saturated heterocycles. The molecule has 0 fully saturated rings. The number of phenols is 1. The van der Waals surface area contributed by atoms with E-state index in [9.17, 15) is 29.1 Å². The summed E-state index contributed by atoms with van der Waals surface area (Å²) < 4.78 is 40.6. The molecule has 334 valence electrons. The van der Waals surface area contributed by atoms with Crippen LogP contribution in [0.25, 0.3) is 21.9 Å². The first-order valence-electron chi connectivity index (χ1n) is 20.3. The predicted molar refractivity (Wildman–Crippen MR) is 234 cm³/mol. The lowest BCUT2D eigenvalue weighted by Crippen LogP contribution is -2.09. The molecule has 0 amide bonds. The van der Waals surface area contributed by atoms with Crippen LogP contribution in [0.4, 0.5) is 0 Å². The summed E-state index contributed by atoms with van der Waals surface area (Å²) >= 11 is 0. The van der Waals surface area contributed by atoms with Crippen molar-refractivity contribution in [1.29, 1.82) is 0 Å². The van der Waals surface area contributed by atoms with E-state index >= 15 is 0 Å². The summed E-state index contributed by atoms with van der Waals surface area (Å²) in [5, 5.41) is 11.2. The molecule has 0 bridgehead atoms. The highest BCUT2D eigenvalue weighted by Crippen LogP contribution is 2.37. The molecule has 1 aliphatic rings. The van der Waals surface area contributed by atoms with E-state index in [2.05, 4.69) is 27.0 Å². The average molecular weight is 859 g/mol. The number of benzene rings is 3. The van der Waals surface area contributed by atoms with Crippen molar-refractivity contribution in [1.82, 2.24) is 0 Å². The highest BCUT2D eigenvalue weighted by molar-refractivity contribution is 5.88. The minimum absolute atomic E-state index is 0.0433. The molecule has 62 heavy (non-hydrogen) atoms. The van der Waals surface area contributed by atoms with Gasteiger partial charge in [0.05, 0.1) is 58.2 Å². The Labute approximate surface area is 362 Å². The maximum absolute atomic E-state index is 11.5. The number of aromatic hydroxyl groups is 1. The largest absolute Gasteiger partial charge is 0.504 e. The first kappa shape index (κ1) is 51.3. The van der Waals surface area contributed by atoms with Crippen LogP contribution in [0.5, 0.6) is 23.0 Å². The number of allylic oxidation sites excluding steroid dienone is 2. The van der Waals surface area contributed by atoms with E-state index in [0.29, 0.717) is 66.0 Å². The fourth-order valence-corrected chi connectivity index (χ4v) is 5.47. The van der Waals surface area contributed by atoms with Crippen molar-refractivity contribution in [3.8, 4) is 23.0 Å². The average Bonchev–Trinajstić information content (AvgIpc) is 4.01. The first-order chi connectivity index (χ1) is 29.7. The lowest BCUT2D eigenvalue weighted by molar-refractivity contribution is -0.143. The highest BCUT2D eigenvalue weighted by atomic mass is 16.6. The topological polar surface area (TPSA) is 187 Å². The van der Waals surface area contributed by atoms with Gasteiger partial charge in [-0.15, -0.1) is 13.2 Å². The minimum atomic E-state index is -0.439. The third kappa shape index (κ3) is 17.8. The molecule has 0 atom stereocenters. The molecule has 3 aromatic carbocycles. The summed E-state index contributed by atoms with van der Waals surface area (Å²) in [6.45, 7) is 20.6. The molecule has 0 saturated carbocycles. The van der Waals surface area contributed by atoms with Gasteiger partial charge in [0.25, 0.3) is 0 Å². The van der Waals surface area contributed by atoms with Crippen LogP contribution in [0.1, 0.15) is 83.6 Å². The third-order valence-electron chi connectivity index (χ3n) is 8.02. The third-order valence-corrected chi connectivity index (χ3v) is 8.02. The quantitative estimate of drug-likeness (QED) is 0.0510. The molecule has 1 N–H and O–H groups in total.